The Morgan fingerprint density at radius 3 is 2.29 bits per heavy atom. The molecule has 0 spiro atoms. The molecule has 31 heavy (non-hydrogen) atoms. The molecule has 0 unspecified atom stereocenters. The Morgan fingerprint density at radius 1 is 1.00 bits per heavy atom. The number of ether oxygens (including phenoxy) is 1. The summed E-state index contributed by atoms with van der Waals surface area (Å²) in [6.07, 6.45) is 0.924. The highest BCUT2D eigenvalue weighted by molar-refractivity contribution is 5.85. The van der Waals surface area contributed by atoms with Crippen LogP contribution in [0.4, 0.5) is 0 Å². The minimum absolute atomic E-state index is 0. The number of hydrogen-bond donors (Lipinski definition) is 1. The summed E-state index contributed by atoms with van der Waals surface area (Å²) in [6.45, 7) is 1.20. The molecule has 2 atom stereocenters. The first-order valence-electron chi connectivity index (χ1n) is 10.3. The van der Waals surface area contributed by atoms with Crippen LogP contribution in [0, 0.1) is 11.3 Å². The maximum absolute atomic E-state index is 11.1. The summed E-state index contributed by atoms with van der Waals surface area (Å²) in [7, 11) is 2.05. The molecule has 1 aliphatic carbocycles. The molecule has 4 nitrogen and oxygen atoms in total. The molecule has 1 N–H and O–H groups in total. The molecule has 0 heterocycles. The van der Waals surface area contributed by atoms with Crippen molar-refractivity contribution in [3.05, 3.63) is 101 Å². The standard InChI is InChI=1S/C26H26N2O2.ClH/c1-28(17-19-8-4-2-5-9-19)24-14-12-21-22(26(24)29)13-15-25(23(21)16-27)30-18-20-10-6-3-7-11-20;/h2-11,13,15,24,26,29H,12,14,17-18H2,1H3;1H/t24-,26+;/m0./s1. The molecule has 3 aromatic carbocycles. The van der Waals surface area contributed by atoms with E-state index in [-0.39, 0.29) is 18.4 Å². The van der Waals surface area contributed by atoms with E-state index in [1.54, 1.807) is 0 Å². The SMILES string of the molecule is CN(Cc1ccccc1)[C@H]1CCc2c(ccc(OCc3ccccc3)c2C#N)[C@H]1O.Cl. The van der Waals surface area contributed by atoms with E-state index in [9.17, 15) is 10.4 Å². The maximum Gasteiger partial charge on any atom is 0.137 e. The zero-order chi connectivity index (χ0) is 20.9. The fraction of sp³-hybridized carbons (Fsp3) is 0.269. The van der Waals surface area contributed by atoms with Gasteiger partial charge in [-0.15, -0.1) is 12.4 Å². The first kappa shape index (κ1) is 22.8. The van der Waals surface area contributed by atoms with Crippen molar-refractivity contribution in [1.29, 1.82) is 5.26 Å². The van der Waals surface area contributed by atoms with Crippen LogP contribution in [0.15, 0.2) is 72.8 Å². The largest absolute Gasteiger partial charge is 0.488 e. The van der Waals surface area contributed by atoms with Crippen LogP contribution in [-0.2, 0) is 19.6 Å². The summed E-state index contributed by atoms with van der Waals surface area (Å²) in [5.74, 6) is 0.586. The first-order valence-corrected chi connectivity index (χ1v) is 10.3. The van der Waals surface area contributed by atoms with E-state index < -0.39 is 6.10 Å². The van der Waals surface area contributed by atoms with E-state index >= 15 is 0 Å². The second-order valence-electron chi connectivity index (χ2n) is 7.84. The lowest BCUT2D eigenvalue weighted by Gasteiger charge is -2.37. The topological polar surface area (TPSA) is 56.5 Å². The molecule has 3 aromatic rings. The number of halogens is 1. The summed E-state index contributed by atoms with van der Waals surface area (Å²) >= 11 is 0. The second-order valence-corrected chi connectivity index (χ2v) is 7.84. The number of aliphatic hydroxyl groups excluding tert-OH is 1. The van der Waals surface area contributed by atoms with Gasteiger partial charge in [0.2, 0.25) is 0 Å². The van der Waals surface area contributed by atoms with Gasteiger partial charge in [-0.2, -0.15) is 5.26 Å². The lowest BCUT2D eigenvalue weighted by molar-refractivity contribution is 0.0461. The van der Waals surface area contributed by atoms with Gasteiger partial charge in [0.25, 0.3) is 0 Å². The predicted molar refractivity (Wildman–Crippen MR) is 124 cm³/mol. The van der Waals surface area contributed by atoms with Crippen molar-refractivity contribution < 1.29 is 9.84 Å². The number of nitrogens with zero attached hydrogens (tertiary/aromatic N) is 2. The number of rotatable bonds is 6. The number of nitriles is 1. The van der Waals surface area contributed by atoms with E-state index in [0.29, 0.717) is 17.9 Å². The number of fused-ring (bicyclic) bond motifs is 1. The predicted octanol–water partition coefficient (Wildman–Crippen LogP) is 5.04. The molecule has 0 fully saturated rings. The third-order valence-electron chi connectivity index (χ3n) is 5.87. The van der Waals surface area contributed by atoms with Crippen molar-refractivity contribution in [2.24, 2.45) is 0 Å². The van der Waals surface area contributed by atoms with Gasteiger partial charge in [-0.1, -0.05) is 66.7 Å². The average Bonchev–Trinajstić information content (AvgIpc) is 2.78. The maximum atomic E-state index is 11.1. The molecule has 0 saturated carbocycles. The van der Waals surface area contributed by atoms with Crippen LogP contribution in [0.2, 0.25) is 0 Å². The third-order valence-corrected chi connectivity index (χ3v) is 5.87. The quantitative estimate of drug-likeness (QED) is 0.590. The van der Waals surface area contributed by atoms with Gasteiger partial charge in [0.1, 0.15) is 18.4 Å². The van der Waals surface area contributed by atoms with Gasteiger partial charge < -0.3 is 9.84 Å². The molecule has 0 aromatic heterocycles. The average molecular weight is 435 g/mol. The van der Waals surface area contributed by atoms with Gasteiger partial charge in [-0.05, 0) is 48.2 Å². The zero-order valence-corrected chi connectivity index (χ0v) is 18.4. The lowest BCUT2D eigenvalue weighted by Crippen LogP contribution is -2.39. The minimum Gasteiger partial charge on any atom is -0.488 e. The molecule has 0 bridgehead atoms. The van der Waals surface area contributed by atoms with Gasteiger partial charge >= 0.3 is 0 Å². The van der Waals surface area contributed by atoms with Crippen molar-refractivity contribution in [2.45, 2.75) is 38.1 Å². The van der Waals surface area contributed by atoms with E-state index in [1.165, 1.54) is 5.56 Å². The van der Waals surface area contributed by atoms with Crippen molar-refractivity contribution in [3.63, 3.8) is 0 Å². The lowest BCUT2D eigenvalue weighted by atomic mass is 9.82. The summed E-state index contributed by atoms with van der Waals surface area (Å²) < 4.78 is 5.95. The van der Waals surface area contributed by atoms with E-state index in [2.05, 4.69) is 30.1 Å². The van der Waals surface area contributed by atoms with Gasteiger partial charge in [-0.25, -0.2) is 0 Å². The molecule has 1 aliphatic rings. The van der Waals surface area contributed by atoms with Crippen LogP contribution >= 0.6 is 12.4 Å². The van der Waals surface area contributed by atoms with E-state index in [4.69, 9.17) is 4.74 Å². The van der Waals surface area contributed by atoms with Crippen LogP contribution in [-0.4, -0.2) is 23.1 Å². The Bertz CT molecular complexity index is 1030. The highest BCUT2D eigenvalue weighted by Gasteiger charge is 2.33. The fourth-order valence-electron chi connectivity index (χ4n) is 4.27. The number of hydrogen-bond acceptors (Lipinski definition) is 4. The fourth-order valence-corrected chi connectivity index (χ4v) is 4.27. The van der Waals surface area contributed by atoms with Crippen molar-refractivity contribution in [3.8, 4) is 11.8 Å². The molecule has 0 amide bonds. The summed E-state index contributed by atoms with van der Waals surface area (Å²) in [4.78, 5) is 2.20. The van der Waals surface area contributed by atoms with Crippen LogP contribution in [0.3, 0.4) is 0 Å². The van der Waals surface area contributed by atoms with Crippen molar-refractivity contribution in [1.82, 2.24) is 4.90 Å². The van der Waals surface area contributed by atoms with Crippen LogP contribution in [0.1, 0.15) is 40.3 Å². The number of aliphatic hydroxyl groups is 1. The first-order chi connectivity index (χ1) is 14.7. The van der Waals surface area contributed by atoms with Gasteiger partial charge in [-0.3, -0.25) is 4.90 Å². The summed E-state index contributed by atoms with van der Waals surface area (Å²) in [5.41, 5.74) is 4.59. The van der Waals surface area contributed by atoms with E-state index in [1.807, 2.05) is 60.7 Å². The van der Waals surface area contributed by atoms with Gasteiger partial charge in [0, 0.05) is 12.6 Å². The van der Waals surface area contributed by atoms with E-state index in [0.717, 1.165) is 36.1 Å². The zero-order valence-electron chi connectivity index (χ0n) is 17.6. The van der Waals surface area contributed by atoms with Crippen LogP contribution in [0.25, 0.3) is 0 Å². The number of benzene rings is 3. The van der Waals surface area contributed by atoms with Gasteiger partial charge in [0.15, 0.2) is 0 Å². The normalized spacial score (nSPS) is 17.4. The summed E-state index contributed by atoms with van der Waals surface area (Å²) in [5, 5.41) is 20.9. The third kappa shape index (κ3) is 5.08. The minimum atomic E-state index is -0.627. The number of likely N-dealkylation sites (N-methyl/N-ethyl adjacent to an activating group) is 1. The molecule has 0 saturated heterocycles. The van der Waals surface area contributed by atoms with Gasteiger partial charge in [0.05, 0.1) is 11.7 Å². The Hall–Kier alpha value is -2.84. The highest BCUT2D eigenvalue weighted by atomic mass is 35.5. The van der Waals surface area contributed by atoms with Crippen LogP contribution < -0.4 is 4.74 Å². The molecule has 5 heteroatoms. The molecule has 0 aliphatic heterocycles. The van der Waals surface area contributed by atoms with Crippen molar-refractivity contribution >= 4 is 12.4 Å². The Morgan fingerprint density at radius 2 is 1.65 bits per heavy atom. The second kappa shape index (κ2) is 10.5. The molecule has 4 rings (SSSR count). The molecular weight excluding hydrogens is 408 g/mol. The molecular formula is C26H27ClN2O2. The molecule has 0 radical (unpaired) electrons. The Labute approximate surface area is 190 Å². The van der Waals surface area contributed by atoms with Crippen LogP contribution in [0.5, 0.6) is 5.75 Å². The summed E-state index contributed by atoms with van der Waals surface area (Å²) in [6, 6.07) is 26.3. The Balaban J connectivity index is 0.00000272. The monoisotopic (exact) mass is 434 g/mol. The Kier molecular flexibility index (Phi) is 7.70. The van der Waals surface area contributed by atoms with Crippen molar-refractivity contribution in [2.75, 3.05) is 7.05 Å². The molecule has 160 valence electrons. The highest BCUT2D eigenvalue weighted by Crippen LogP contribution is 2.38. The smallest absolute Gasteiger partial charge is 0.137 e.